The van der Waals surface area contributed by atoms with Gasteiger partial charge < -0.3 is 15.0 Å². The lowest BCUT2D eigenvalue weighted by Crippen LogP contribution is -2.61. The van der Waals surface area contributed by atoms with Crippen LogP contribution in [0.25, 0.3) is 0 Å². The lowest BCUT2D eigenvalue weighted by molar-refractivity contribution is -0.159. The van der Waals surface area contributed by atoms with Crippen LogP contribution in [0, 0.1) is 34.5 Å². The van der Waals surface area contributed by atoms with Crippen molar-refractivity contribution in [2.45, 2.75) is 71.3 Å². The Labute approximate surface area is 192 Å². The zero-order chi connectivity index (χ0) is 22.7. The van der Waals surface area contributed by atoms with Crippen molar-refractivity contribution >= 4 is 17.5 Å². The number of fused-ring (bicyclic) bond motifs is 5. The molecule has 4 aliphatic rings. The molecule has 1 aliphatic heterocycles. The normalized spacial score (nSPS) is 40.8. The highest BCUT2D eigenvalue weighted by Crippen LogP contribution is 2.66. The van der Waals surface area contributed by atoms with E-state index in [1.165, 1.54) is 12.8 Å². The summed E-state index contributed by atoms with van der Waals surface area (Å²) in [6, 6.07) is 8.03. The molecular weight excluding hydrogens is 400 g/mol. The quantitative estimate of drug-likeness (QED) is 0.713. The summed E-state index contributed by atoms with van der Waals surface area (Å²) in [4.78, 5) is 27.8. The van der Waals surface area contributed by atoms with Gasteiger partial charge in [0.15, 0.2) is 0 Å². The Bertz CT molecular complexity index is 899. The largest absolute Gasteiger partial charge is 0.497 e. The van der Waals surface area contributed by atoms with E-state index in [1.807, 2.05) is 31.3 Å². The molecule has 1 saturated heterocycles. The number of amides is 2. The van der Waals surface area contributed by atoms with Crippen LogP contribution >= 0.6 is 0 Å². The molecule has 5 rings (SSSR count). The van der Waals surface area contributed by atoms with Gasteiger partial charge in [0.05, 0.1) is 7.11 Å². The van der Waals surface area contributed by atoms with Gasteiger partial charge in [-0.2, -0.15) is 0 Å². The van der Waals surface area contributed by atoms with Gasteiger partial charge in [0, 0.05) is 31.1 Å². The van der Waals surface area contributed by atoms with Gasteiger partial charge in [-0.15, -0.1) is 0 Å². The van der Waals surface area contributed by atoms with Gasteiger partial charge in [-0.3, -0.25) is 9.59 Å². The average Bonchev–Trinajstić information content (AvgIpc) is 3.14. The van der Waals surface area contributed by atoms with Gasteiger partial charge in [0.25, 0.3) is 0 Å². The zero-order valence-corrected chi connectivity index (χ0v) is 20.0. The van der Waals surface area contributed by atoms with Crippen molar-refractivity contribution in [2.24, 2.45) is 34.5 Å². The van der Waals surface area contributed by atoms with Crippen LogP contribution in [-0.4, -0.2) is 36.9 Å². The number of ether oxygens (including phenoxy) is 1. The number of carbonyl (C=O) groups excluding carboxylic acids is 2. The number of benzene rings is 1. The molecule has 5 nitrogen and oxygen atoms in total. The number of nitrogens with zero attached hydrogens (tertiary/aromatic N) is 1. The van der Waals surface area contributed by atoms with Crippen LogP contribution in [0.4, 0.5) is 5.69 Å². The molecule has 0 spiro atoms. The lowest BCUT2D eigenvalue weighted by Gasteiger charge is -2.61. The second-order valence-corrected chi connectivity index (χ2v) is 11.4. The summed E-state index contributed by atoms with van der Waals surface area (Å²) in [5.74, 6) is 3.37. The molecule has 2 amide bonds. The van der Waals surface area contributed by atoms with Crippen molar-refractivity contribution in [3.63, 3.8) is 0 Å². The van der Waals surface area contributed by atoms with E-state index >= 15 is 0 Å². The molecule has 0 radical (unpaired) electrons. The second-order valence-electron chi connectivity index (χ2n) is 11.4. The molecule has 1 aromatic rings. The van der Waals surface area contributed by atoms with Crippen LogP contribution in [0.2, 0.25) is 0 Å². The number of carbonyl (C=O) groups is 2. The molecule has 7 atom stereocenters. The molecule has 3 saturated carbocycles. The number of anilines is 1. The summed E-state index contributed by atoms with van der Waals surface area (Å²) in [6.45, 7) is 4.85. The molecule has 1 N–H and O–H groups in total. The number of hydrogen-bond acceptors (Lipinski definition) is 3. The minimum atomic E-state index is 0.0803. The van der Waals surface area contributed by atoms with Crippen molar-refractivity contribution < 1.29 is 14.3 Å². The SMILES string of the molecule is COc1ccc(NC(=O)C2CC[C@H]3[C@@H]4CC[C@H]5N(C)C(=O)CC[C@]5(C)[C@H]4CC[C@]23C)cc1. The highest BCUT2D eigenvalue weighted by atomic mass is 16.5. The molecule has 1 unspecified atom stereocenters. The van der Waals surface area contributed by atoms with Crippen LogP contribution in [0.5, 0.6) is 5.75 Å². The molecule has 0 aromatic heterocycles. The first-order chi connectivity index (χ1) is 15.3. The van der Waals surface area contributed by atoms with Crippen molar-refractivity contribution in [1.29, 1.82) is 0 Å². The summed E-state index contributed by atoms with van der Waals surface area (Å²) in [6.07, 6.45) is 8.52. The van der Waals surface area contributed by atoms with E-state index in [9.17, 15) is 9.59 Å². The fourth-order valence-corrected chi connectivity index (χ4v) is 8.48. The van der Waals surface area contributed by atoms with Gasteiger partial charge in [-0.05, 0) is 97.8 Å². The number of hydrogen-bond donors (Lipinski definition) is 1. The third-order valence-corrected chi connectivity index (χ3v) is 10.2. The fourth-order valence-electron chi connectivity index (χ4n) is 8.48. The van der Waals surface area contributed by atoms with Gasteiger partial charge in [0.2, 0.25) is 11.8 Å². The first-order valence-electron chi connectivity index (χ1n) is 12.5. The molecule has 3 aliphatic carbocycles. The van der Waals surface area contributed by atoms with E-state index in [0.29, 0.717) is 36.1 Å². The maximum Gasteiger partial charge on any atom is 0.228 e. The van der Waals surface area contributed by atoms with Crippen molar-refractivity contribution in [2.75, 3.05) is 19.5 Å². The Morgan fingerprint density at radius 1 is 1.00 bits per heavy atom. The van der Waals surface area contributed by atoms with Gasteiger partial charge in [0.1, 0.15) is 5.75 Å². The first-order valence-corrected chi connectivity index (χ1v) is 12.5. The standard InChI is InChI=1S/C27H38N2O3/c1-26-15-13-21-19(9-12-23-27(21,2)16-14-24(30)29(23)3)20(26)10-11-22(26)25(31)28-17-5-7-18(32-4)8-6-17/h5-8,19-23H,9-16H2,1-4H3,(H,28,31)/t19-,20-,21-,22?,23+,26-,27+/m0/s1. The third-order valence-electron chi connectivity index (χ3n) is 10.2. The van der Waals surface area contributed by atoms with Gasteiger partial charge in [-0.1, -0.05) is 13.8 Å². The molecular formula is C27H38N2O3. The van der Waals surface area contributed by atoms with Gasteiger partial charge >= 0.3 is 0 Å². The Morgan fingerprint density at radius 3 is 2.44 bits per heavy atom. The summed E-state index contributed by atoms with van der Waals surface area (Å²) < 4.78 is 5.23. The number of methoxy groups -OCH3 is 1. The van der Waals surface area contributed by atoms with Crippen LogP contribution < -0.4 is 10.1 Å². The Balaban J connectivity index is 1.33. The molecule has 5 heteroatoms. The maximum absolute atomic E-state index is 13.4. The molecule has 0 bridgehead atoms. The molecule has 174 valence electrons. The zero-order valence-electron chi connectivity index (χ0n) is 20.0. The minimum Gasteiger partial charge on any atom is -0.497 e. The van der Waals surface area contributed by atoms with E-state index < -0.39 is 0 Å². The smallest absolute Gasteiger partial charge is 0.228 e. The van der Waals surface area contributed by atoms with E-state index in [0.717, 1.165) is 43.5 Å². The van der Waals surface area contributed by atoms with Gasteiger partial charge in [-0.25, -0.2) is 0 Å². The monoisotopic (exact) mass is 438 g/mol. The molecule has 32 heavy (non-hydrogen) atoms. The van der Waals surface area contributed by atoms with E-state index in [-0.39, 0.29) is 22.7 Å². The third kappa shape index (κ3) is 3.18. The van der Waals surface area contributed by atoms with Crippen LogP contribution in [0.1, 0.15) is 65.2 Å². The minimum absolute atomic E-state index is 0.0803. The van der Waals surface area contributed by atoms with Crippen molar-refractivity contribution in [3.8, 4) is 5.75 Å². The predicted octanol–water partition coefficient (Wildman–Crippen LogP) is 5.11. The summed E-state index contributed by atoms with van der Waals surface area (Å²) in [5.41, 5.74) is 1.16. The van der Waals surface area contributed by atoms with Crippen LogP contribution in [0.15, 0.2) is 24.3 Å². The average molecular weight is 439 g/mol. The Hall–Kier alpha value is -2.04. The highest BCUT2D eigenvalue weighted by Gasteiger charge is 2.62. The first kappa shape index (κ1) is 21.8. The lowest BCUT2D eigenvalue weighted by atomic mass is 9.47. The fraction of sp³-hybridized carbons (Fsp3) is 0.704. The Kier molecular flexibility index (Phi) is 5.29. The number of rotatable bonds is 3. The number of nitrogens with one attached hydrogen (secondary N) is 1. The maximum atomic E-state index is 13.4. The summed E-state index contributed by atoms with van der Waals surface area (Å²) in [7, 11) is 3.67. The molecule has 1 heterocycles. The van der Waals surface area contributed by atoms with Crippen molar-refractivity contribution in [1.82, 2.24) is 4.90 Å². The van der Waals surface area contributed by atoms with E-state index in [2.05, 4.69) is 24.1 Å². The van der Waals surface area contributed by atoms with E-state index in [1.54, 1.807) is 7.11 Å². The van der Waals surface area contributed by atoms with Crippen molar-refractivity contribution in [3.05, 3.63) is 24.3 Å². The second kappa shape index (κ2) is 7.78. The summed E-state index contributed by atoms with van der Waals surface area (Å²) >= 11 is 0. The van der Waals surface area contributed by atoms with Crippen LogP contribution in [-0.2, 0) is 9.59 Å². The number of piperidine rings is 1. The summed E-state index contributed by atoms with van der Waals surface area (Å²) in [5, 5.41) is 3.19. The van der Waals surface area contributed by atoms with Crippen LogP contribution in [0.3, 0.4) is 0 Å². The van der Waals surface area contributed by atoms with E-state index in [4.69, 9.17) is 4.74 Å². The predicted molar refractivity (Wildman–Crippen MR) is 125 cm³/mol. The topological polar surface area (TPSA) is 58.6 Å². The number of likely N-dealkylation sites (tertiary alicyclic amines) is 1. The highest BCUT2D eigenvalue weighted by molar-refractivity contribution is 5.93. The Morgan fingerprint density at radius 2 is 1.72 bits per heavy atom. The molecule has 4 fully saturated rings. The molecule has 1 aromatic carbocycles.